The largest absolute Gasteiger partial charge is 0.363 e. The number of nitrogens with zero attached hydrogens (tertiary/aromatic N) is 8. The van der Waals surface area contributed by atoms with E-state index in [1.165, 1.54) is 46.0 Å². The van der Waals surface area contributed by atoms with E-state index in [0.717, 1.165) is 154 Å². The molecule has 0 spiro atoms. The highest BCUT2D eigenvalue weighted by molar-refractivity contribution is 5.87. The van der Waals surface area contributed by atoms with Crippen LogP contribution in [0.3, 0.4) is 0 Å². The lowest BCUT2D eigenvalue weighted by atomic mass is 9.88. The van der Waals surface area contributed by atoms with Gasteiger partial charge in [-0.15, -0.1) is 0 Å². The molecule has 12 nitrogen and oxygen atoms in total. The van der Waals surface area contributed by atoms with Crippen molar-refractivity contribution in [1.29, 1.82) is 0 Å². The first-order valence-corrected chi connectivity index (χ1v) is 26.6. The molecule has 0 saturated heterocycles. The first-order chi connectivity index (χ1) is 36.3. The number of aryl methyl sites for hydroxylation is 6. The first-order valence-electron chi connectivity index (χ1n) is 26.6. The zero-order chi connectivity index (χ0) is 49.4. The van der Waals surface area contributed by atoms with Crippen molar-refractivity contribution in [2.45, 2.75) is 83.5 Å². The smallest absolute Gasteiger partial charge is 0.323 e. The minimum atomic E-state index is -0.338. The molecular formula is C59H59F3N9O3+3. The Morgan fingerprint density at radius 2 is 1.07 bits per heavy atom. The summed E-state index contributed by atoms with van der Waals surface area (Å²) in [5.74, 6) is 2.84. The summed E-state index contributed by atoms with van der Waals surface area (Å²) in [6.07, 6.45) is 19.6. The highest BCUT2D eigenvalue weighted by Gasteiger charge is 2.45. The SMILES string of the molecule is Fc1cc2c3c(c1)N(CCCc1cc4ccc1CCCN1CN5c6c(cc(F)cc61)O[n+]1ccc(cc15)CCC(CCCc1ccc[n+](c1)O2)CCc1cc[n+]2c(c1)N1CN(CCC4)c4cc(F)cc(c41)O2)CN3. The number of halogens is 3. The molecule has 0 saturated carbocycles. The fraction of sp³-hybridized carbons (Fsp3) is 0.339. The number of nitrogens with one attached hydrogen (secondary N) is 1. The van der Waals surface area contributed by atoms with Crippen LogP contribution in [0.4, 0.5) is 58.9 Å². The van der Waals surface area contributed by atoms with Crippen LogP contribution < -0.4 is 58.5 Å². The second kappa shape index (κ2) is 18.4. The number of aromatic nitrogens is 3. The summed E-state index contributed by atoms with van der Waals surface area (Å²) in [7, 11) is 0. The third-order valence-electron chi connectivity index (χ3n) is 16.3. The Morgan fingerprint density at radius 1 is 0.486 bits per heavy atom. The van der Waals surface area contributed by atoms with Gasteiger partial charge in [0.1, 0.15) is 35.5 Å². The van der Waals surface area contributed by atoms with Gasteiger partial charge in [0.05, 0.1) is 23.7 Å². The Morgan fingerprint density at radius 3 is 1.74 bits per heavy atom. The maximum Gasteiger partial charge on any atom is 0.323 e. The topological polar surface area (TPSA) is 67.6 Å². The molecule has 0 aliphatic carbocycles. The predicted molar refractivity (Wildman–Crippen MR) is 276 cm³/mol. The Hall–Kier alpha value is -7.68. The van der Waals surface area contributed by atoms with Crippen molar-refractivity contribution >= 4 is 45.8 Å². The van der Waals surface area contributed by atoms with Crippen molar-refractivity contribution in [3.8, 4) is 17.2 Å². The average Bonchev–Trinajstić information content (AvgIpc) is 4.11. The van der Waals surface area contributed by atoms with Crippen LogP contribution >= 0.6 is 0 Å². The lowest BCUT2D eigenvalue weighted by molar-refractivity contribution is -0.875. The third-order valence-corrected chi connectivity index (χ3v) is 16.3. The molecule has 74 heavy (non-hydrogen) atoms. The molecule has 1 N–H and O–H groups in total. The van der Waals surface area contributed by atoms with Gasteiger partial charge in [-0.05, 0) is 145 Å². The fourth-order valence-electron chi connectivity index (χ4n) is 12.6. The van der Waals surface area contributed by atoms with Gasteiger partial charge in [-0.3, -0.25) is 9.68 Å². The first kappa shape index (κ1) is 45.0. The maximum atomic E-state index is 15.5. The number of fused-ring (bicyclic) bond motifs is 6. The molecule has 1 atom stereocenters. The van der Waals surface area contributed by atoms with E-state index in [1.807, 2.05) is 30.9 Å². The van der Waals surface area contributed by atoms with E-state index in [1.54, 1.807) is 32.4 Å². The number of hydrogen-bond acceptors (Lipinski definition) is 9. The molecular weight excluding hydrogens is 940 g/mol. The molecule has 3 aromatic heterocycles. The van der Waals surface area contributed by atoms with Crippen molar-refractivity contribution < 1.29 is 41.9 Å². The van der Waals surface area contributed by atoms with Gasteiger partial charge < -0.3 is 20.0 Å². The number of rotatable bonds is 0. The van der Waals surface area contributed by atoms with E-state index in [4.69, 9.17) is 14.5 Å². The van der Waals surface area contributed by atoms with Crippen LogP contribution in [0.5, 0.6) is 17.2 Å². The van der Waals surface area contributed by atoms with Crippen LogP contribution in [-0.4, -0.2) is 39.6 Å². The fourth-order valence-corrected chi connectivity index (χ4v) is 12.6. The molecule has 8 aliphatic heterocycles. The van der Waals surface area contributed by atoms with Crippen LogP contribution in [0, 0.1) is 23.4 Å². The van der Waals surface area contributed by atoms with Crippen LogP contribution in [-0.2, 0) is 38.5 Å². The average molecular weight is 999 g/mol. The summed E-state index contributed by atoms with van der Waals surface area (Å²) in [5.41, 5.74) is 12.6. The van der Waals surface area contributed by atoms with E-state index < -0.39 is 0 Å². The lowest BCUT2D eigenvalue weighted by Crippen LogP contribution is -2.48. The van der Waals surface area contributed by atoms with Crippen molar-refractivity contribution in [2.24, 2.45) is 5.92 Å². The molecule has 8 aliphatic rings. The Bertz CT molecular complexity index is 3370. The van der Waals surface area contributed by atoms with Gasteiger partial charge >= 0.3 is 11.6 Å². The zero-order valence-electron chi connectivity index (χ0n) is 41.4. The van der Waals surface area contributed by atoms with Crippen molar-refractivity contribution in [3.05, 3.63) is 167 Å². The minimum Gasteiger partial charge on any atom is -0.363 e. The summed E-state index contributed by atoms with van der Waals surface area (Å²) < 4.78 is 51.6. The third kappa shape index (κ3) is 8.30. The normalized spacial score (nSPS) is 18.7. The number of hydrogen-bond donors (Lipinski definition) is 1. The zero-order valence-corrected chi connectivity index (χ0v) is 41.4. The molecule has 1 unspecified atom stereocenters. The summed E-state index contributed by atoms with van der Waals surface area (Å²) in [6.45, 7) is 3.98. The molecule has 376 valence electrons. The molecule has 15 heteroatoms. The van der Waals surface area contributed by atoms with Gasteiger partial charge in [-0.1, -0.05) is 24.6 Å². The number of pyridine rings is 3. The summed E-state index contributed by atoms with van der Waals surface area (Å²) in [5, 5.41) is 3.53. The van der Waals surface area contributed by atoms with Crippen molar-refractivity contribution in [3.63, 3.8) is 0 Å². The highest BCUT2D eigenvalue weighted by Crippen LogP contribution is 2.50. The molecule has 11 heterocycles. The van der Waals surface area contributed by atoms with E-state index in [9.17, 15) is 0 Å². The lowest BCUT2D eigenvalue weighted by Gasteiger charge is -2.22. The van der Waals surface area contributed by atoms with Crippen LogP contribution in [0.1, 0.15) is 78.3 Å². The molecule has 4 aromatic carbocycles. The molecule has 18 bridgehead atoms. The Kier molecular flexibility index (Phi) is 11.2. The molecule has 0 amide bonds. The molecule has 15 rings (SSSR count). The summed E-state index contributed by atoms with van der Waals surface area (Å²) in [6, 6.07) is 29.3. The quantitative estimate of drug-likeness (QED) is 0.150. The van der Waals surface area contributed by atoms with E-state index in [-0.39, 0.29) is 17.5 Å². The number of anilines is 8. The minimum absolute atomic E-state index is 0.311. The Labute approximate surface area is 428 Å². The maximum absolute atomic E-state index is 15.5. The van der Waals surface area contributed by atoms with Crippen LogP contribution in [0.2, 0.25) is 0 Å². The van der Waals surface area contributed by atoms with E-state index >= 15 is 13.2 Å². The molecule has 0 fully saturated rings. The standard InChI is InChI=1S/C59H59F3N9O3/c60-46-29-49-57-52(32-46)72-67-23-3-9-43(35-67)7-1-6-39-12-14-41-18-24-70-55(27-41)68-37-65(50-30-47(61)33-53(73-70)58(50)68)21-2-8-40-16-17-44(45(26-40)11-5-20-64(49)36-63-57)10-4-22-66-38-69-56-28-42(15-13-39)19-25-71(56)74-54-34-48(62)31-51(66)59(54)69/h3,9,16-19,23-35,39,63H,1-2,4-8,10-15,20-22,36-38H2/q+3. The summed E-state index contributed by atoms with van der Waals surface area (Å²) >= 11 is 0. The van der Waals surface area contributed by atoms with Gasteiger partial charge in [0.15, 0.2) is 13.3 Å². The van der Waals surface area contributed by atoms with Gasteiger partial charge in [-0.2, -0.15) is 0 Å². The molecule has 7 aromatic rings. The second-order valence-corrected chi connectivity index (χ2v) is 21.1. The van der Waals surface area contributed by atoms with Crippen molar-refractivity contribution in [1.82, 2.24) is 0 Å². The van der Waals surface area contributed by atoms with Gasteiger partial charge in [0.25, 0.3) is 0 Å². The number of benzene rings is 4. The summed E-state index contributed by atoms with van der Waals surface area (Å²) in [4.78, 5) is 30.7. The second-order valence-electron chi connectivity index (χ2n) is 21.1. The monoisotopic (exact) mass is 998 g/mol. The van der Waals surface area contributed by atoms with E-state index in [0.29, 0.717) is 43.2 Å². The van der Waals surface area contributed by atoms with E-state index in [2.05, 4.69) is 78.3 Å². The predicted octanol–water partition coefficient (Wildman–Crippen LogP) is 9.87. The van der Waals surface area contributed by atoms with Crippen LogP contribution in [0.15, 0.2) is 116 Å². The Balaban J connectivity index is 0.849. The highest BCUT2D eigenvalue weighted by atomic mass is 19.1. The van der Waals surface area contributed by atoms with Gasteiger partial charge in [0.2, 0.25) is 41.0 Å². The van der Waals surface area contributed by atoms with Gasteiger partial charge in [-0.25, -0.2) is 27.8 Å². The van der Waals surface area contributed by atoms with Crippen molar-refractivity contribution in [2.75, 3.05) is 69.5 Å². The van der Waals surface area contributed by atoms with Gasteiger partial charge in [0, 0.05) is 78.5 Å². The molecule has 0 radical (unpaired) electrons. The van der Waals surface area contributed by atoms with Crippen LogP contribution in [0.25, 0.3) is 0 Å².